The lowest BCUT2D eigenvalue weighted by molar-refractivity contribution is 0.0913. The van der Waals surface area contributed by atoms with Gasteiger partial charge in [-0.05, 0) is 32.4 Å². The Labute approximate surface area is 90.7 Å². The Hall–Kier alpha value is -1.15. The van der Waals surface area contributed by atoms with Crippen LogP contribution in [-0.2, 0) is 0 Å². The van der Waals surface area contributed by atoms with Crippen molar-refractivity contribution in [3.05, 3.63) is 35.4 Å². The molecule has 0 saturated carbocycles. The number of hydrogen-bond donors (Lipinski definition) is 1. The van der Waals surface area contributed by atoms with Crippen molar-refractivity contribution in [2.45, 2.75) is 26.3 Å². The Morgan fingerprint density at radius 3 is 2.73 bits per heavy atom. The zero-order chi connectivity index (χ0) is 10.8. The number of ketones is 1. The van der Waals surface area contributed by atoms with E-state index in [0.29, 0.717) is 11.8 Å². The summed E-state index contributed by atoms with van der Waals surface area (Å²) in [7, 11) is 0. The summed E-state index contributed by atoms with van der Waals surface area (Å²) < 4.78 is 0. The van der Waals surface area contributed by atoms with Gasteiger partial charge in [-0.1, -0.05) is 24.3 Å². The molecule has 0 spiro atoms. The van der Waals surface area contributed by atoms with Crippen LogP contribution in [0.3, 0.4) is 0 Å². The molecule has 0 radical (unpaired) electrons. The van der Waals surface area contributed by atoms with E-state index in [1.807, 2.05) is 31.2 Å². The zero-order valence-corrected chi connectivity index (χ0v) is 9.29. The molecule has 2 atom stereocenters. The molecule has 0 bridgehead atoms. The van der Waals surface area contributed by atoms with E-state index in [1.54, 1.807) is 0 Å². The van der Waals surface area contributed by atoms with Crippen molar-refractivity contribution in [3.63, 3.8) is 0 Å². The topological polar surface area (TPSA) is 29.1 Å². The van der Waals surface area contributed by atoms with Crippen molar-refractivity contribution in [1.82, 2.24) is 5.32 Å². The summed E-state index contributed by atoms with van der Waals surface area (Å²) in [6, 6.07) is 8.16. The van der Waals surface area contributed by atoms with Crippen molar-refractivity contribution >= 4 is 5.78 Å². The average molecular weight is 203 g/mol. The highest BCUT2D eigenvalue weighted by atomic mass is 16.1. The molecule has 2 nitrogen and oxygen atoms in total. The van der Waals surface area contributed by atoms with Gasteiger partial charge in [-0.2, -0.15) is 0 Å². The summed E-state index contributed by atoms with van der Waals surface area (Å²) in [4.78, 5) is 12.2. The molecule has 1 aromatic carbocycles. The highest BCUT2D eigenvalue weighted by Gasteiger charge is 2.30. The molecule has 0 aromatic heterocycles. The fourth-order valence-electron chi connectivity index (χ4n) is 2.27. The lowest BCUT2D eigenvalue weighted by Crippen LogP contribution is -2.28. The van der Waals surface area contributed by atoms with Crippen LogP contribution >= 0.6 is 0 Å². The highest BCUT2D eigenvalue weighted by molar-refractivity contribution is 5.99. The minimum atomic E-state index is 0.158. The van der Waals surface area contributed by atoms with Gasteiger partial charge >= 0.3 is 0 Å². The van der Waals surface area contributed by atoms with Crippen LogP contribution in [0.15, 0.2) is 24.3 Å². The molecule has 1 heterocycles. The van der Waals surface area contributed by atoms with Crippen molar-refractivity contribution in [3.8, 4) is 0 Å². The van der Waals surface area contributed by atoms with Crippen LogP contribution in [0.25, 0.3) is 0 Å². The van der Waals surface area contributed by atoms with E-state index in [4.69, 9.17) is 0 Å². The number of aryl methyl sites for hydroxylation is 1. The molecule has 1 aliphatic rings. The fourth-order valence-corrected chi connectivity index (χ4v) is 2.27. The van der Waals surface area contributed by atoms with Gasteiger partial charge in [0.2, 0.25) is 0 Å². The lowest BCUT2D eigenvalue weighted by atomic mass is 9.90. The second-order valence-electron chi connectivity index (χ2n) is 4.32. The Morgan fingerprint density at radius 1 is 1.40 bits per heavy atom. The fraction of sp³-hybridized carbons (Fsp3) is 0.462. The van der Waals surface area contributed by atoms with Crippen LogP contribution in [0.5, 0.6) is 0 Å². The molecule has 1 aliphatic heterocycles. The van der Waals surface area contributed by atoms with Gasteiger partial charge in [0.25, 0.3) is 0 Å². The number of carbonyl (C=O) groups excluding carboxylic acids is 1. The predicted octanol–water partition coefficient (Wildman–Crippen LogP) is 2.18. The first-order chi connectivity index (χ1) is 7.20. The zero-order valence-electron chi connectivity index (χ0n) is 9.29. The third kappa shape index (κ3) is 1.95. The molecular formula is C13H17NO. The smallest absolute Gasteiger partial charge is 0.167 e. The molecule has 0 amide bonds. The quantitative estimate of drug-likeness (QED) is 0.746. The molecule has 1 saturated heterocycles. The van der Waals surface area contributed by atoms with E-state index >= 15 is 0 Å². The maximum Gasteiger partial charge on any atom is 0.167 e. The standard InChI is InChI=1S/C13H17NO/c1-9-5-3-4-6-11(9)13(15)12-7-8-14-10(12)2/h3-6,10,12,14H,7-8H2,1-2H3. The van der Waals surface area contributed by atoms with Crippen molar-refractivity contribution < 1.29 is 4.79 Å². The molecule has 2 heteroatoms. The number of nitrogens with one attached hydrogen (secondary N) is 1. The van der Waals surface area contributed by atoms with E-state index < -0.39 is 0 Å². The van der Waals surface area contributed by atoms with Crippen LogP contribution in [0.4, 0.5) is 0 Å². The summed E-state index contributed by atoms with van der Waals surface area (Å²) in [6.07, 6.45) is 0.967. The third-order valence-corrected chi connectivity index (χ3v) is 3.27. The molecule has 15 heavy (non-hydrogen) atoms. The van der Waals surface area contributed by atoms with Gasteiger partial charge in [-0.15, -0.1) is 0 Å². The lowest BCUT2D eigenvalue weighted by Gasteiger charge is -2.14. The number of benzene rings is 1. The Balaban J connectivity index is 2.24. The molecule has 80 valence electrons. The van der Waals surface area contributed by atoms with E-state index in [1.165, 1.54) is 0 Å². The Morgan fingerprint density at radius 2 is 2.13 bits per heavy atom. The number of hydrogen-bond acceptors (Lipinski definition) is 2. The first kappa shape index (κ1) is 10.4. The third-order valence-electron chi connectivity index (χ3n) is 3.27. The minimum Gasteiger partial charge on any atom is -0.313 e. The molecular weight excluding hydrogens is 186 g/mol. The van der Waals surface area contributed by atoms with Gasteiger partial charge in [-0.3, -0.25) is 4.79 Å². The molecule has 2 unspecified atom stereocenters. The highest BCUT2D eigenvalue weighted by Crippen LogP contribution is 2.22. The summed E-state index contributed by atoms with van der Waals surface area (Å²) >= 11 is 0. The molecule has 2 rings (SSSR count). The summed E-state index contributed by atoms with van der Waals surface area (Å²) in [6.45, 7) is 5.05. The molecule has 1 fully saturated rings. The predicted molar refractivity (Wildman–Crippen MR) is 61.1 cm³/mol. The number of Topliss-reactive ketones (excluding diaryl/α,β-unsaturated/α-hetero) is 1. The van der Waals surface area contributed by atoms with E-state index in [-0.39, 0.29) is 5.92 Å². The van der Waals surface area contributed by atoms with Crippen LogP contribution in [0.1, 0.15) is 29.3 Å². The van der Waals surface area contributed by atoms with Gasteiger partial charge in [0.1, 0.15) is 0 Å². The SMILES string of the molecule is Cc1ccccc1C(=O)C1CCNC1C. The van der Waals surface area contributed by atoms with Crippen LogP contribution in [0.2, 0.25) is 0 Å². The first-order valence-electron chi connectivity index (χ1n) is 5.53. The van der Waals surface area contributed by atoms with E-state index in [2.05, 4.69) is 12.2 Å². The first-order valence-corrected chi connectivity index (χ1v) is 5.53. The van der Waals surface area contributed by atoms with Crippen LogP contribution in [-0.4, -0.2) is 18.4 Å². The second kappa shape index (κ2) is 4.15. The molecule has 1 N–H and O–H groups in total. The van der Waals surface area contributed by atoms with Crippen molar-refractivity contribution in [2.24, 2.45) is 5.92 Å². The summed E-state index contributed by atoms with van der Waals surface area (Å²) in [5, 5.41) is 3.32. The molecule has 0 aliphatic carbocycles. The van der Waals surface area contributed by atoms with Gasteiger partial charge in [0.15, 0.2) is 5.78 Å². The van der Waals surface area contributed by atoms with Gasteiger partial charge in [-0.25, -0.2) is 0 Å². The van der Waals surface area contributed by atoms with E-state index in [9.17, 15) is 4.79 Å². The normalized spacial score (nSPS) is 25.5. The number of rotatable bonds is 2. The number of carbonyl (C=O) groups is 1. The average Bonchev–Trinajstić information content (AvgIpc) is 2.64. The maximum atomic E-state index is 12.2. The molecule has 1 aromatic rings. The van der Waals surface area contributed by atoms with Crippen molar-refractivity contribution in [2.75, 3.05) is 6.54 Å². The largest absolute Gasteiger partial charge is 0.313 e. The maximum absolute atomic E-state index is 12.2. The monoisotopic (exact) mass is 203 g/mol. The summed E-state index contributed by atoms with van der Waals surface area (Å²) in [5.74, 6) is 0.455. The second-order valence-corrected chi connectivity index (χ2v) is 4.32. The Kier molecular flexibility index (Phi) is 2.87. The summed E-state index contributed by atoms with van der Waals surface area (Å²) in [5.41, 5.74) is 1.97. The van der Waals surface area contributed by atoms with Crippen molar-refractivity contribution in [1.29, 1.82) is 0 Å². The van der Waals surface area contributed by atoms with Gasteiger partial charge < -0.3 is 5.32 Å². The van der Waals surface area contributed by atoms with Gasteiger partial charge in [0, 0.05) is 17.5 Å². The van der Waals surface area contributed by atoms with Gasteiger partial charge in [0.05, 0.1) is 0 Å². The van der Waals surface area contributed by atoms with Crippen LogP contribution in [0, 0.1) is 12.8 Å². The minimum absolute atomic E-state index is 0.158. The Bertz CT molecular complexity index is 373. The van der Waals surface area contributed by atoms with Crippen LogP contribution < -0.4 is 5.32 Å². The van der Waals surface area contributed by atoms with E-state index in [0.717, 1.165) is 24.1 Å².